The van der Waals surface area contributed by atoms with Gasteiger partial charge in [0.25, 0.3) is 0 Å². The fourth-order valence-electron chi connectivity index (χ4n) is 3.13. The number of esters is 1. The molecule has 22 heavy (non-hydrogen) atoms. The maximum atomic E-state index is 11.7. The van der Waals surface area contributed by atoms with Gasteiger partial charge < -0.3 is 0 Å². The second-order valence-corrected chi connectivity index (χ2v) is 19.4. The van der Waals surface area contributed by atoms with Crippen molar-refractivity contribution >= 4 is 28.1 Å². The standard InChI is InChI=1S/C5H5N2O2.3C4H9.Sn/c1-9-5(8)4-2-3-6-7-4;3*1-3-4-2;/h2H,1H3,(H,6,7);3*1,3-4H2,2H3;. The first kappa shape index (κ1) is 19.5. The fraction of sp³-hybridized carbons (Fsp3) is 0.765. The van der Waals surface area contributed by atoms with Crippen molar-refractivity contribution in [1.29, 1.82) is 0 Å². The molecule has 0 spiro atoms. The van der Waals surface area contributed by atoms with Gasteiger partial charge in [-0.2, -0.15) is 0 Å². The van der Waals surface area contributed by atoms with E-state index in [9.17, 15) is 4.79 Å². The third kappa shape index (κ3) is 5.28. The molecule has 0 atom stereocenters. The number of rotatable bonds is 11. The summed E-state index contributed by atoms with van der Waals surface area (Å²) in [6.07, 6.45) is 7.64. The average molecular weight is 415 g/mol. The van der Waals surface area contributed by atoms with Crippen molar-refractivity contribution in [2.24, 2.45) is 0 Å². The monoisotopic (exact) mass is 416 g/mol. The number of nitrogens with one attached hydrogen (secondary N) is 1. The summed E-state index contributed by atoms with van der Waals surface area (Å²) >= 11 is -2.48. The Bertz CT molecular complexity index is 424. The molecule has 0 fully saturated rings. The van der Waals surface area contributed by atoms with Crippen LogP contribution in [0.3, 0.4) is 0 Å². The molecule has 1 aromatic rings. The van der Waals surface area contributed by atoms with Crippen molar-refractivity contribution in [2.75, 3.05) is 7.11 Å². The molecule has 4 nitrogen and oxygen atoms in total. The van der Waals surface area contributed by atoms with Gasteiger partial charge in [0.1, 0.15) is 0 Å². The van der Waals surface area contributed by atoms with Crippen molar-refractivity contribution in [3.8, 4) is 0 Å². The van der Waals surface area contributed by atoms with Crippen LogP contribution < -0.4 is 3.71 Å². The molecule has 0 saturated carbocycles. The Labute approximate surface area is 139 Å². The minimum atomic E-state index is -2.48. The molecule has 0 saturated heterocycles. The quantitative estimate of drug-likeness (QED) is 0.434. The molecule has 126 valence electrons. The summed E-state index contributed by atoms with van der Waals surface area (Å²) in [6.45, 7) is 6.80. The molecule has 0 aliphatic heterocycles. The second-order valence-electron chi connectivity index (χ2n) is 6.25. The molecule has 1 rings (SSSR count). The van der Waals surface area contributed by atoms with Crippen LogP contribution in [-0.2, 0) is 4.74 Å². The van der Waals surface area contributed by atoms with Crippen LogP contribution in [0.2, 0.25) is 13.3 Å². The summed E-state index contributed by atoms with van der Waals surface area (Å²) < 4.78 is 10.2. The summed E-state index contributed by atoms with van der Waals surface area (Å²) in [5, 5.41) is 7.46. The molecule has 0 aromatic carbocycles. The van der Waals surface area contributed by atoms with Crippen molar-refractivity contribution in [2.45, 2.75) is 72.6 Å². The van der Waals surface area contributed by atoms with Crippen LogP contribution in [0, 0.1) is 0 Å². The molecule has 1 aromatic heterocycles. The number of hydrogen-bond donors (Lipinski definition) is 1. The molecular formula is C17H32N2O2Sn. The van der Waals surface area contributed by atoms with Gasteiger partial charge in [0.05, 0.1) is 0 Å². The zero-order valence-electron chi connectivity index (χ0n) is 14.7. The normalized spacial score (nSPS) is 11.6. The van der Waals surface area contributed by atoms with Crippen LogP contribution in [-0.4, -0.2) is 41.7 Å². The van der Waals surface area contributed by atoms with Gasteiger partial charge in [0.15, 0.2) is 0 Å². The summed E-state index contributed by atoms with van der Waals surface area (Å²) in [7, 11) is 1.42. The van der Waals surface area contributed by atoms with Crippen LogP contribution in [0.5, 0.6) is 0 Å². The van der Waals surface area contributed by atoms with Gasteiger partial charge in [-0.1, -0.05) is 0 Å². The Morgan fingerprint density at radius 3 is 2.00 bits per heavy atom. The number of carbonyl (C=O) groups excluding carboxylic acids is 1. The number of hydrogen-bond acceptors (Lipinski definition) is 3. The van der Waals surface area contributed by atoms with Crippen LogP contribution in [0.15, 0.2) is 6.07 Å². The van der Waals surface area contributed by atoms with Crippen molar-refractivity contribution in [1.82, 2.24) is 10.2 Å². The van der Waals surface area contributed by atoms with Gasteiger partial charge in [-0.3, -0.25) is 0 Å². The summed E-state index contributed by atoms with van der Waals surface area (Å²) in [5.41, 5.74) is 0.447. The van der Waals surface area contributed by atoms with Crippen LogP contribution in [0.25, 0.3) is 0 Å². The van der Waals surface area contributed by atoms with E-state index in [1.807, 2.05) is 6.07 Å². The molecule has 0 bridgehead atoms. The molecule has 0 amide bonds. The molecule has 0 unspecified atom stereocenters. The number of carbonyl (C=O) groups is 1. The molecule has 1 heterocycles. The summed E-state index contributed by atoms with van der Waals surface area (Å²) in [6, 6.07) is 2.00. The van der Waals surface area contributed by atoms with E-state index in [1.54, 1.807) is 0 Å². The third-order valence-electron chi connectivity index (χ3n) is 4.57. The third-order valence-corrected chi connectivity index (χ3v) is 19.8. The zero-order valence-corrected chi connectivity index (χ0v) is 17.6. The van der Waals surface area contributed by atoms with E-state index < -0.39 is 18.4 Å². The Kier molecular flexibility index (Phi) is 9.13. The predicted molar refractivity (Wildman–Crippen MR) is 94.5 cm³/mol. The van der Waals surface area contributed by atoms with E-state index in [-0.39, 0.29) is 5.97 Å². The van der Waals surface area contributed by atoms with Gasteiger partial charge in [-0.05, 0) is 0 Å². The van der Waals surface area contributed by atoms with Crippen molar-refractivity contribution < 1.29 is 9.53 Å². The predicted octanol–water partition coefficient (Wildman–Crippen LogP) is 4.25. The fourth-order valence-corrected chi connectivity index (χ4v) is 18.5. The van der Waals surface area contributed by atoms with Gasteiger partial charge in [-0.25, -0.2) is 0 Å². The number of ether oxygens (including phenoxy) is 1. The Morgan fingerprint density at radius 2 is 1.59 bits per heavy atom. The first-order valence-corrected chi connectivity index (χ1v) is 16.3. The van der Waals surface area contributed by atoms with Crippen molar-refractivity contribution in [3.63, 3.8) is 0 Å². The van der Waals surface area contributed by atoms with E-state index in [1.165, 1.54) is 62.7 Å². The van der Waals surface area contributed by atoms with Gasteiger partial charge in [-0.15, -0.1) is 0 Å². The van der Waals surface area contributed by atoms with Crippen LogP contribution >= 0.6 is 0 Å². The Morgan fingerprint density at radius 1 is 1.09 bits per heavy atom. The molecule has 0 aliphatic carbocycles. The van der Waals surface area contributed by atoms with E-state index in [2.05, 4.69) is 31.0 Å². The Balaban J connectivity index is 3.07. The number of unbranched alkanes of at least 4 members (excludes halogenated alkanes) is 3. The van der Waals surface area contributed by atoms with Gasteiger partial charge in [0.2, 0.25) is 0 Å². The Hall–Kier alpha value is -0.521. The molecule has 0 radical (unpaired) electrons. The van der Waals surface area contributed by atoms with Gasteiger partial charge >= 0.3 is 139 Å². The average Bonchev–Trinajstić information content (AvgIpc) is 3.04. The van der Waals surface area contributed by atoms with Crippen LogP contribution in [0.1, 0.15) is 69.8 Å². The zero-order chi connectivity index (χ0) is 16.4. The van der Waals surface area contributed by atoms with E-state index in [0.717, 1.165) is 0 Å². The topological polar surface area (TPSA) is 55.0 Å². The number of nitrogens with zero attached hydrogens (tertiary/aromatic N) is 1. The molecule has 1 N–H and O–H groups in total. The molecular weight excluding hydrogens is 383 g/mol. The number of aromatic nitrogens is 2. The number of H-pyrrole nitrogens is 1. The van der Waals surface area contributed by atoms with E-state index in [4.69, 9.17) is 4.74 Å². The first-order chi connectivity index (χ1) is 10.6. The van der Waals surface area contributed by atoms with Crippen LogP contribution in [0.4, 0.5) is 0 Å². The molecule has 0 aliphatic rings. The molecule has 5 heteroatoms. The first-order valence-electron chi connectivity index (χ1n) is 8.77. The summed E-state index contributed by atoms with van der Waals surface area (Å²) in [4.78, 5) is 11.7. The van der Waals surface area contributed by atoms with E-state index >= 15 is 0 Å². The SMILES string of the molecule is CCC[CH2][Sn]([CH2]CCC)([CH2]CCC)[c]1cc(C(=O)OC)n[nH]1. The number of aromatic amines is 1. The summed E-state index contributed by atoms with van der Waals surface area (Å²) in [5.74, 6) is -0.329. The minimum absolute atomic E-state index is 0.329. The maximum absolute atomic E-state index is 11.7. The second kappa shape index (κ2) is 10.3. The number of methoxy groups -OCH3 is 1. The van der Waals surface area contributed by atoms with E-state index in [0.29, 0.717) is 5.69 Å². The van der Waals surface area contributed by atoms with Gasteiger partial charge in [0, 0.05) is 0 Å². The van der Waals surface area contributed by atoms with Crippen molar-refractivity contribution in [3.05, 3.63) is 11.8 Å².